The van der Waals surface area contributed by atoms with E-state index in [1.54, 1.807) is 11.3 Å². The molecule has 1 amide bonds. The second kappa shape index (κ2) is 3.18. The van der Waals surface area contributed by atoms with Gasteiger partial charge in [0.15, 0.2) is 0 Å². The summed E-state index contributed by atoms with van der Waals surface area (Å²) in [5.74, 6) is -0.0418. The molecule has 1 N–H and O–H groups in total. The Morgan fingerprint density at radius 1 is 1.54 bits per heavy atom. The molecule has 1 aromatic carbocycles. The minimum atomic E-state index is -0.0418. The minimum absolute atomic E-state index is 0.0418. The SMILES string of the molecule is CC(=O)Nc1ccc2[c]csc2c1. The number of carbonyl (C=O) groups excluding carboxylic acids is 1. The van der Waals surface area contributed by atoms with Crippen LogP contribution >= 0.6 is 11.3 Å². The predicted molar refractivity (Wildman–Crippen MR) is 55.0 cm³/mol. The van der Waals surface area contributed by atoms with Crippen molar-refractivity contribution in [3.63, 3.8) is 0 Å². The standard InChI is InChI=1S/C10H8NOS/c1-7(12)11-9-3-2-8-4-5-13-10(8)6-9/h2-3,5-6H,1H3,(H,11,12). The van der Waals surface area contributed by atoms with Crippen molar-refractivity contribution < 1.29 is 4.79 Å². The summed E-state index contributed by atoms with van der Waals surface area (Å²) >= 11 is 1.62. The average Bonchev–Trinajstić information content (AvgIpc) is 2.49. The van der Waals surface area contributed by atoms with Crippen LogP contribution in [0.4, 0.5) is 5.69 Å². The van der Waals surface area contributed by atoms with Crippen LogP contribution in [0.5, 0.6) is 0 Å². The van der Waals surface area contributed by atoms with Gasteiger partial charge in [-0.15, -0.1) is 11.3 Å². The second-order valence-electron chi connectivity index (χ2n) is 2.77. The zero-order valence-electron chi connectivity index (χ0n) is 7.13. The van der Waals surface area contributed by atoms with Crippen LogP contribution in [-0.2, 0) is 4.79 Å². The number of nitrogens with one attached hydrogen (secondary N) is 1. The number of anilines is 1. The van der Waals surface area contributed by atoms with Crippen molar-refractivity contribution >= 4 is 33.0 Å². The van der Waals surface area contributed by atoms with Crippen LogP contribution in [0.1, 0.15) is 6.92 Å². The van der Waals surface area contributed by atoms with E-state index < -0.39 is 0 Å². The number of fused-ring (bicyclic) bond motifs is 1. The van der Waals surface area contributed by atoms with Gasteiger partial charge in [-0.1, -0.05) is 6.07 Å². The van der Waals surface area contributed by atoms with E-state index in [0.29, 0.717) is 0 Å². The Morgan fingerprint density at radius 3 is 3.15 bits per heavy atom. The summed E-state index contributed by atoms with van der Waals surface area (Å²) in [7, 11) is 0. The Hall–Kier alpha value is -1.35. The van der Waals surface area contributed by atoms with E-state index in [2.05, 4.69) is 11.4 Å². The van der Waals surface area contributed by atoms with Gasteiger partial charge < -0.3 is 5.32 Å². The van der Waals surface area contributed by atoms with Crippen LogP contribution in [0.25, 0.3) is 10.1 Å². The lowest BCUT2D eigenvalue weighted by Gasteiger charge is -2.00. The van der Waals surface area contributed by atoms with Crippen molar-refractivity contribution in [2.45, 2.75) is 6.92 Å². The molecule has 0 saturated heterocycles. The Balaban J connectivity index is 2.42. The predicted octanol–water partition coefficient (Wildman–Crippen LogP) is 2.66. The van der Waals surface area contributed by atoms with E-state index in [4.69, 9.17) is 0 Å². The first-order valence-corrected chi connectivity index (χ1v) is 4.80. The van der Waals surface area contributed by atoms with Gasteiger partial charge in [0.1, 0.15) is 0 Å². The number of rotatable bonds is 1. The molecule has 0 bridgehead atoms. The highest BCUT2D eigenvalue weighted by Gasteiger charge is 1.98. The molecule has 65 valence electrons. The third-order valence-electron chi connectivity index (χ3n) is 1.70. The fourth-order valence-electron chi connectivity index (χ4n) is 1.18. The lowest BCUT2D eigenvalue weighted by atomic mass is 10.2. The third-order valence-corrected chi connectivity index (χ3v) is 2.53. The van der Waals surface area contributed by atoms with Gasteiger partial charge in [0.25, 0.3) is 0 Å². The molecule has 1 heterocycles. The van der Waals surface area contributed by atoms with Gasteiger partial charge >= 0.3 is 0 Å². The molecule has 0 aliphatic rings. The minimum Gasteiger partial charge on any atom is -0.326 e. The quantitative estimate of drug-likeness (QED) is 0.736. The molecule has 1 aromatic heterocycles. The maximum absolute atomic E-state index is 10.8. The van der Waals surface area contributed by atoms with Crippen molar-refractivity contribution in [3.05, 3.63) is 29.6 Å². The number of carbonyl (C=O) groups is 1. The van der Waals surface area contributed by atoms with E-state index in [1.807, 2.05) is 23.6 Å². The molecule has 2 rings (SSSR count). The van der Waals surface area contributed by atoms with E-state index in [1.165, 1.54) is 6.92 Å². The van der Waals surface area contributed by atoms with Crippen molar-refractivity contribution in [2.24, 2.45) is 0 Å². The van der Waals surface area contributed by atoms with Gasteiger partial charge in [0.2, 0.25) is 5.91 Å². The molecule has 0 aliphatic carbocycles. The molecule has 13 heavy (non-hydrogen) atoms. The maximum Gasteiger partial charge on any atom is 0.221 e. The first-order valence-electron chi connectivity index (χ1n) is 3.92. The first-order chi connectivity index (χ1) is 6.25. The van der Waals surface area contributed by atoms with Gasteiger partial charge in [-0.3, -0.25) is 4.79 Å². The van der Waals surface area contributed by atoms with Gasteiger partial charge in [-0.25, -0.2) is 0 Å². The van der Waals surface area contributed by atoms with Crippen molar-refractivity contribution in [3.8, 4) is 0 Å². The molecule has 0 fully saturated rings. The largest absolute Gasteiger partial charge is 0.326 e. The van der Waals surface area contributed by atoms with Gasteiger partial charge in [0.05, 0.1) is 0 Å². The van der Waals surface area contributed by atoms with Gasteiger partial charge in [0, 0.05) is 28.8 Å². The third kappa shape index (κ3) is 1.70. The summed E-state index contributed by atoms with van der Waals surface area (Å²) in [6.45, 7) is 1.50. The number of thiophene rings is 1. The molecule has 1 radical (unpaired) electrons. The van der Waals surface area contributed by atoms with E-state index in [-0.39, 0.29) is 5.91 Å². The Morgan fingerprint density at radius 2 is 2.38 bits per heavy atom. The summed E-state index contributed by atoms with van der Waals surface area (Å²) in [4.78, 5) is 10.8. The molecular formula is C10H8NOS. The Labute approximate surface area is 80.2 Å². The first kappa shape index (κ1) is 8.26. The second-order valence-corrected chi connectivity index (χ2v) is 3.68. The Bertz CT molecular complexity index is 447. The van der Waals surface area contributed by atoms with Crippen molar-refractivity contribution in [2.75, 3.05) is 5.32 Å². The van der Waals surface area contributed by atoms with Crippen LogP contribution < -0.4 is 5.32 Å². The zero-order valence-corrected chi connectivity index (χ0v) is 7.94. The summed E-state index contributed by atoms with van der Waals surface area (Å²) in [5, 5.41) is 5.76. The summed E-state index contributed by atoms with van der Waals surface area (Å²) < 4.78 is 1.14. The molecule has 2 aromatic rings. The number of hydrogen-bond acceptors (Lipinski definition) is 2. The molecule has 3 heteroatoms. The highest BCUT2D eigenvalue weighted by molar-refractivity contribution is 7.17. The Kier molecular flexibility index (Phi) is 2.02. The maximum atomic E-state index is 10.8. The van der Waals surface area contributed by atoms with Crippen LogP contribution in [0.3, 0.4) is 0 Å². The molecule has 2 nitrogen and oxygen atoms in total. The molecule has 0 aliphatic heterocycles. The summed E-state index contributed by atoms with van der Waals surface area (Å²) in [6, 6.07) is 8.90. The van der Waals surface area contributed by atoms with E-state index >= 15 is 0 Å². The average molecular weight is 190 g/mol. The highest BCUT2D eigenvalue weighted by atomic mass is 32.1. The molecule has 0 atom stereocenters. The van der Waals surface area contributed by atoms with Crippen LogP contribution in [0, 0.1) is 6.07 Å². The van der Waals surface area contributed by atoms with Crippen LogP contribution in [0.15, 0.2) is 23.6 Å². The number of amides is 1. The van der Waals surface area contributed by atoms with Gasteiger partial charge in [-0.2, -0.15) is 0 Å². The highest BCUT2D eigenvalue weighted by Crippen LogP contribution is 2.23. The molecule has 0 spiro atoms. The normalized spacial score (nSPS) is 10.2. The fraction of sp³-hybridized carbons (Fsp3) is 0.100. The molecule has 0 saturated carbocycles. The number of hydrogen-bond donors (Lipinski definition) is 1. The summed E-state index contributed by atoms with van der Waals surface area (Å²) in [6.07, 6.45) is 0. The topological polar surface area (TPSA) is 29.1 Å². The summed E-state index contributed by atoms with van der Waals surface area (Å²) in [5.41, 5.74) is 0.843. The van der Waals surface area contributed by atoms with Gasteiger partial charge in [-0.05, 0) is 17.5 Å². The zero-order chi connectivity index (χ0) is 9.26. The van der Waals surface area contributed by atoms with Crippen molar-refractivity contribution in [1.29, 1.82) is 0 Å². The van der Waals surface area contributed by atoms with E-state index in [0.717, 1.165) is 15.8 Å². The van der Waals surface area contributed by atoms with E-state index in [9.17, 15) is 4.79 Å². The fourth-order valence-corrected chi connectivity index (χ4v) is 1.94. The number of benzene rings is 1. The lowest BCUT2D eigenvalue weighted by molar-refractivity contribution is -0.114. The monoisotopic (exact) mass is 190 g/mol. The van der Waals surface area contributed by atoms with Crippen LogP contribution in [-0.4, -0.2) is 5.91 Å². The molecule has 0 unspecified atom stereocenters. The smallest absolute Gasteiger partial charge is 0.221 e. The van der Waals surface area contributed by atoms with Crippen LogP contribution in [0.2, 0.25) is 0 Å². The lowest BCUT2D eigenvalue weighted by Crippen LogP contribution is -2.04. The van der Waals surface area contributed by atoms with Crippen molar-refractivity contribution in [1.82, 2.24) is 0 Å². The molecular weight excluding hydrogens is 182 g/mol.